The molecule has 0 radical (unpaired) electrons. The molecule has 1 fully saturated rings. The fourth-order valence-electron chi connectivity index (χ4n) is 2.03. The first kappa shape index (κ1) is 15.4. The topological polar surface area (TPSA) is 95.9 Å². The summed E-state index contributed by atoms with van der Waals surface area (Å²) in [6.45, 7) is 0. The molecule has 0 spiro atoms. The van der Waals surface area contributed by atoms with Gasteiger partial charge in [0.15, 0.2) is 0 Å². The SMILES string of the molecule is COP(=O)(O)CP(=O)(O)NC1CCCCCC1. The Morgan fingerprint density at radius 1 is 1.18 bits per heavy atom. The van der Waals surface area contributed by atoms with Crippen molar-refractivity contribution in [2.75, 3.05) is 13.0 Å². The Morgan fingerprint density at radius 3 is 2.18 bits per heavy atom. The Hall–Kier alpha value is 0.300. The number of nitrogens with one attached hydrogen (secondary N) is 1. The van der Waals surface area contributed by atoms with Crippen LogP contribution in [0.3, 0.4) is 0 Å². The molecule has 0 aromatic rings. The molecule has 1 rings (SSSR count). The quantitative estimate of drug-likeness (QED) is 0.529. The highest BCUT2D eigenvalue weighted by molar-refractivity contribution is 7.71. The summed E-state index contributed by atoms with van der Waals surface area (Å²) < 4.78 is 27.4. The predicted molar refractivity (Wildman–Crippen MR) is 66.2 cm³/mol. The Labute approximate surface area is 102 Å². The maximum atomic E-state index is 11.8. The second-order valence-electron chi connectivity index (χ2n) is 4.48. The van der Waals surface area contributed by atoms with Gasteiger partial charge in [-0.3, -0.25) is 9.13 Å². The van der Waals surface area contributed by atoms with Gasteiger partial charge in [-0.05, 0) is 12.8 Å². The summed E-state index contributed by atoms with van der Waals surface area (Å²) in [5.74, 6) is -0.729. The van der Waals surface area contributed by atoms with Crippen molar-refractivity contribution in [3.05, 3.63) is 0 Å². The molecule has 2 unspecified atom stereocenters. The van der Waals surface area contributed by atoms with Crippen molar-refractivity contribution in [3.63, 3.8) is 0 Å². The molecule has 1 saturated carbocycles. The lowest BCUT2D eigenvalue weighted by molar-refractivity contribution is 0.318. The van der Waals surface area contributed by atoms with Gasteiger partial charge in [0, 0.05) is 13.2 Å². The van der Waals surface area contributed by atoms with Gasteiger partial charge in [0.05, 0.1) is 0 Å². The minimum absolute atomic E-state index is 0.0369. The summed E-state index contributed by atoms with van der Waals surface area (Å²) in [5.41, 5.74) is 0. The summed E-state index contributed by atoms with van der Waals surface area (Å²) in [7, 11) is -6.69. The smallest absolute Gasteiger partial charge is 0.333 e. The van der Waals surface area contributed by atoms with Crippen LogP contribution < -0.4 is 5.09 Å². The third-order valence-corrected chi connectivity index (χ3v) is 7.20. The lowest BCUT2D eigenvalue weighted by atomic mass is 10.1. The molecule has 1 aliphatic carbocycles. The van der Waals surface area contributed by atoms with E-state index in [1.54, 1.807) is 0 Å². The van der Waals surface area contributed by atoms with Gasteiger partial charge in [-0.1, -0.05) is 25.7 Å². The van der Waals surface area contributed by atoms with E-state index < -0.39 is 21.0 Å². The minimum atomic E-state index is -3.95. The van der Waals surface area contributed by atoms with E-state index in [0.29, 0.717) is 0 Å². The van der Waals surface area contributed by atoms with E-state index in [0.717, 1.165) is 45.6 Å². The monoisotopic (exact) mass is 285 g/mol. The van der Waals surface area contributed by atoms with Crippen LogP contribution in [-0.4, -0.2) is 28.8 Å². The summed E-state index contributed by atoms with van der Waals surface area (Å²) in [5, 5.41) is 2.62. The largest absolute Gasteiger partial charge is 0.338 e. The summed E-state index contributed by atoms with van der Waals surface area (Å²) in [6.07, 6.45) is 6.02. The van der Waals surface area contributed by atoms with Crippen molar-refractivity contribution in [1.29, 1.82) is 0 Å². The van der Waals surface area contributed by atoms with Crippen LogP contribution in [0.1, 0.15) is 38.5 Å². The van der Waals surface area contributed by atoms with Crippen molar-refractivity contribution >= 4 is 15.1 Å². The second kappa shape index (κ2) is 6.46. The van der Waals surface area contributed by atoms with Crippen molar-refractivity contribution in [2.24, 2.45) is 0 Å². The van der Waals surface area contributed by atoms with Gasteiger partial charge in [0.2, 0.25) is 0 Å². The zero-order valence-electron chi connectivity index (χ0n) is 10.0. The van der Waals surface area contributed by atoms with Crippen LogP contribution in [0.5, 0.6) is 0 Å². The van der Waals surface area contributed by atoms with Crippen LogP contribution in [0, 0.1) is 0 Å². The second-order valence-corrected chi connectivity index (χ2v) is 8.91. The molecule has 0 aromatic heterocycles. The van der Waals surface area contributed by atoms with E-state index in [2.05, 4.69) is 9.61 Å². The maximum absolute atomic E-state index is 11.8. The van der Waals surface area contributed by atoms with Gasteiger partial charge < -0.3 is 14.3 Å². The zero-order chi connectivity index (χ0) is 12.9. The highest BCUT2D eigenvalue weighted by Crippen LogP contribution is 2.55. The van der Waals surface area contributed by atoms with E-state index >= 15 is 0 Å². The number of hydrogen-bond donors (Lipinski definition) is 3. The van der Waals surface area contributed by atoms with Crippen LogP contribution in [0.25, 0.3) is 0 Å². The van der Waals surface area contributed by atoms with Gasteiger partial charge in [-0.15, -0.1) is 0 Å². The third-order valence-electron chi connectivity index (χ3n) is 2.90. The lowest BCUT2D eigenvalue weighted by Gasteiger charge is -2.22. The van der Waals surface area contributed by atoms with E-state index in [1.807, 2.05) is 0 Å². The molecule has 0 aliphatic heterocycles. The van der Waals surface area contributed by atoms with E-state index in [1.165, 1.54) is 0 Å². The zero-order valence-corrected chi connectivity index (χ0v) is 11.8. The molecule has 2 atom stereocenters. The molecule has 0 amide bonds. The standard InChI is InChI=1S/C9H21NO5P2/c1-15-17(13,14)8-16(11,12)10-9-6-4-2-3-5-7-9/h9H,2-8H2,1H3,(H,13,14)(H2,10,11,12). The van der Waals surface area contributed by atoms with Crippen LogP contribution in [0.2, 0.25) is 0 Å². The molecule has 8 heteroatoms. The van der Waals surface area contributed by atoms with Crippen molar-refractivity contribution in [3.8, 4) is 0 Å². The van der Waals surface area contributed by atoms with Crippen molar-refractivity contribution in [1.82, 2.24) is 5.09 Å². The molecule has 0 saturated heterocycles. The predicted octanol–water partition coefficient (Wildman–Crippen LogP) is 2.27. The Morgan fingerprint density at radius 2 is 1.71 bits per heavy atom. The third kappa shape index (κ3) is 6.14. The molecule has 102 valence electrons. The first-order chi connectivity index (χ1) is 7.85. The fraction of sp³-hybridized carbons (Fsp3) is 1.00. The number of hydrogen-bond acceptors (Lipinski definition) is 3. The first-order valence-corrected chi connectivity index (χ1v) is 9.42. The molecule has 17 heavy (non-hydrogen) atoms. The van der Waals surface area contributed by atoms with Crippen molar-refractivity contribution < 1.29 is 23.4 Å². The summed E-state index contributed by atoms with van der Waals surface area (Å²) in [6, 6.07) is -0.0369. The maximum Gasteiger partial charge on any atom is 0.338 e. The summed E-state index contributed by atoms with van der Waals surface area (Å²) in [4.78, 5) is 18.9. The molecule has 0 aromatic carbocycles. The average Bonchev–Trinajstić information content (AvgIpc) is 2.44. The van der Waals surface area contributed by atoms with Crippen LogP contribution in [-0.2, 0) is 13.7 Å². The van der Waals surface area contributed by atoms with Gasteiger partial charge in [0.25, 0.3) is 7.52 Å². The molecule has 3 N–H and O–H groups in total. The van der Waals surface area contributed by atoms with Crippen molar-refractivity contribution in [2.45, 2.75) is 44.6 Å². The van der Waals surface area contributed by atoms with Crippen LogP contribution in [0.4, 0.5) is 0 Å². The Balaban J connectivity index is 2.53. The van der Waals surface area contributed by atoms with Gasteiger partial charge in [0.1, 0.15) is 5.90 Å². The summed E-state index contributed by atoms with van der Waals surface area (Å²) >= 11 is 0. The highest BCUT2D eigenvalue weighted by Gasteiger charge is 2.33. The van der Waals surface area contributed by atoms with E-state index in [4.69, 9.17) is 0 Å². The Bertz CT molecular complexity index is 327. The number of rotatable bonds is 5. The molecule has 0 heterocycles. The van der Waals surface area contributed by atoms with Gasteiger partial charge in [-0.25, -0.2) is 5.09 Å². The molecule has 1 aliphatic rings. The molecule has 0 bridgehead atoms. The van der Waals surface area contributed by atoms with Crippen LogP contribution in [0.15, 0.2) is 0 Å². The van der Waals surface area contributed by atoms with Gasteiger partial charge >= 0.3 is 7.60 Å². The van der Waals surface area contributed by atoms with E-state index in [-0.39, 0.29) is 6.04 Å². The first-order valence-electron chi connectivity index (χ1n) is 5.82. The van der Waals surface area contributed by atoms with Crippen LogP contribution >= 0.6 is 15.1 Å². The minimum Gasteiger partial charge on any atom is -0.333 e. The Kier molecular flexibility index (Phi) is 5.84. The van der Waals surface area contributed by atoms with E-state index in [9.17, 15) is 18.9 Å². The molecule has 6 nitrogen and oxygen atoms in total. The normalized spacial score (nSPS) is 25.8. The van der Waals surface area contributed by atoms with Gasteiger partial charge in [-0.2, -0.15) is 0 Å². The molecular weight excluding hydrogens is 264 g/mol. The lowest BCUT2D eigenvalue weighted by Crippen LogP contribution is -2.26. The molecular formula is C9H21NO5P2. The average molecular weight is 285 g/mol. The highest BCUT2D eigenvalue weighted by atomic mass is 31.2. The fourth-order valence-corrected chi connectivity index (χ4v) is 5.59.